The van der Waals surface area contributed by atoms with Gasteiger partial charge in [0.1, 0.15) is 0 Å². The Kier molecular flexibility index (Phi) is 3.66. The molecule has 0 saturated carbocycles. The third-order valence-corrected chi connectivity index (χ3v) is 2.50. The fraction of sp³-hybridized carbons (Fsp3) is 0.333. The monoisotopic (exact) mass is 222 g/mol. The van der Waals surface area contributed by atoms with Crippen molar-refractivity contribution < 1.29 is 19.8 Å². The van der Waals surface area contributed by atoms with E-state index in [1.165, 1.54) is 0 Å². The molecule has 0 amide bonds. The molecule has 0 aliphatic rings. The molecule has 2 N–H and O–H groups in total. The fourth-order valence-electron chi connectivity index (χ4n) is 1.59. The molecule has 0 aromatic heterocycles. The predicted octanol–water partition coefficient (Wildman–Crippen LogP) is 1.56. The molecule has 4 heteroatoms. The van der Waals surface area contributed by atoms with Gasteiger partial charge < -0.3 is 10.2 Å². The van der Waals surface area contributed by atoms with E-state index in [1.807, 2.05) is 13.8 Å². The third-order valence-electron chi connectivity index (χ3n) is 2.50. The maximum atomic E-state index is 10.7. The predicted molar refractivity (Wildman–Crippen MR) is 58.6 cm³/mol. The van der Waals surface area contributed by atoms with Crippen LogP contribution in [0.25, 0.3) is 0 Å². The first kappa shape index (κ1) is 12.2. The van der Waals surface area contributed by atoms with Gasteiger partial charge in [0, 0.05) is 0 Å². The second-order valence-electron chi connectivity index (χ2n) is 3.85. The molecule has 0 heterocycles. The summed E-state index contributed by atoms with van der Waals surface area (Å²) in [5, 5.41) is 17.5. The molecule has 1 aromatic rings. The average molecular weight is 222 g/mol. The first-order chi connectivity index (χ1) is 7.40. The van der Waals surface area contributed by atoms with Crippen LogP contribution in [0.2, 0.25) is 0 Å². The van der Waals surface area contributed by atoms with Gasteiger partial charge in [0.25, 0.3) is 0 Å². The largest absolute Gasteiger partial charge is 0.481 e. The zero-order chi connectivity index (χ0) is 12.3. The van der Waals surface area contributed by atoms with Gasteiger partial charge in [0.05, 0.1) is 12.8 Å². The van der Waals surface area contributed by atoms with E-state index in [0.29, 0.717) is 11.1 Å². The fourth-order valence-corrected chi connectivity index (χ4v) is 1.59. The Bertz CT molecular complexity index is 394. The second-order valence-corrected chi connectivity index (χ2v) is 3.85. The van der Waals surface area contributed by atoms with Crippen LogP contribution in [0.1, 0.15) is 22.3 Å². The zero-order valence-corrected chi connectivity index (χ0v) is 9.28. The van der Waals surface area contributed by atoms with E-state index in [0.717, 1.165) is 11.1 Å². The van der Waals surface area contributed by atoms with Crippen LogP contribution >= 0.6 is 0 Å². The average Bonchev–Trinajstić information content (AvgIpc) is 2.11. The van der Waals surface area contributed by atoms with Crippen molar-refractivity contribution in [3.05, 3.63) is 34.4 Å². The Morgan fingerprint density at radius 3 is 1.50 bits per heavy atom. The minimum absolute atomic E-state index is 0.135. The number of hydrogen-bond acceptors (Lipinski definition) is 2. The minimum Gasteiger partial charge on any atom is -0.481 e. The minimum atomic E-state index is -0.949. The lowest BCUT2D eigenvalue weighted by Crippen LogP contribution is -2.09. The van der Waals surface area contributed by atoms with E-state index in [2.05, 4.69) is 0 Å². The Morgan fingerprint density at radius 1 is 0.938 bits per heavy atom. The van der Waals surface area contributed by atoms with Gasteiger partial charge in [0.15, 0.2) is 0 Å². The lowest BCUT2D eigenvalue weighted by atomic mass is 9.96. The number of carboxylic acid groups (broad SMARTS) is 2. The van der Waals surface area contributed by atoms with E-state index >= 15 is 0 Å². The summed E-state index contributed by atoms with van der Waals surface area (Å²) < 4.78 is 0. The van der Waals surface area contributed by atoms with Crippen LogP contribution in [-0.4, -0.2) is 22.2 Å². The number of aliphatic carboxylic acids is 2. The van der Waals surface area contributed by atoms with E-state index in [4.69, 9.17) is 10.2 Å². The van der Waals surface area contributed by atoms with Gasteiger partial charge in [-0.05, 0) is 36.1 Å². The molecule has 0 bridgehead atoms. The van der Waals surface area contributed by atoms with Crippen molar-refractivity contribution >= 4 is 11.9 Å². The molecule has 0 aliphatic heterocycles. The van der Waals surface area contributed by atoms with Crippen LogP contribution in [0.5, 0.6) is 0 Å². The van der Waals surface area contributed by atoms with Gasteiger partial charge in [-0.25, -0.2) is 0 Å². The number of aryl methyl sites for hydroxylation is 2. The maximum Gasteiger partial charge on any atom is 0.307 e. The van der Waals surface area contributed by atoms with E-state index < -0.39 is 11.9 Å². The molecule has 0 fully saturated rings. The quantitative estimate of drug-likeness (QED) is 0.810. The Balaban J connectivity index is 3.15. The first-order valence-electron chi connectivity index (χ1n) is 4.92. The van der Waals surface area contributed by atoms with Crippen molar-refractivity contribution in [1.82, 2.24) is 0 Å². The summed E-state index contributed by atoms with van der Waals surface area (Å²) in [6, 6.07) is 3.50. The molecule has 0 radical (unpaired) electrons. The molecule has 86 valence electrons. The zero-order valence-electron chi connectivity index (χ0n) is 9.28. The molecule has 0 unspecified atom stereocenters. The smallest absolute Gasteiger partial charge is 0.307 e. The summed E-state index contributed by atoms with van der Waals surface area (Å²) in [6.07, 6.45) is -0.270. The highest BCUT2D eigenvalue weighted by Crippen LogP contribution is 2.17. The standard InChI is InChI=1S/C12H14O4/c1-7-3-9(5-11(13)14)10(4-8(7)2)6-12(15)16/h3-4H,5-6H2,1-2H3,(H,13,14)(H,15,16). The van der Waals surface area contributed by atoms with Crippen LogP contribution in [-0.2, 0) is 22.4 Å². The molecule has 0 atom stereocenters. The highest BCUT2D eigenvalue weighted by Gasteiger charge is 2.11. The third kappa shape index (κ3) is 3.08. The molecule has 0 spiro atoms. The molecule has 16 heavy (non-hydrogen) atoms. The van der Waals surface area contributed by atoms with Crippen molar-refractivity contribution in [2.45, 2.75) is 26.7 Å². The number of benzene rings is 1. The van der Waals surface area contributed by atoms with Crippen molar-refractivity contribution in [3.8, 4) is 0 Å². The Morgan fingerprint density at radius 2 is 1.25 bits per heavy atom. The van der Waals surface area contributed by atoms with Crippen molar-refractivity contribution in [1.29, 1.82) is 0 Å². The summed E-state index contributed by atoms with van der Waals surface area (Å²) >= 11 is 0. The van der Waals surface area contributed by atoms with E-state index in [1.54, 1.807) is 12.1 Å². The normalized spacial score (nSPS) is 10.1. The lowest BCUT2D eigenvalue weighted by molar-refractivity contribution is -0.137. The summed E-state index contributed by atoms with van der Waals surface area (Å²) in [7, 11) is 0. The van der Waals surface area contributed by atoms with Crippen LogP contribution in [0.15, 0.2) is 12.1 Å². The summed E-state index contributed by atoms with van der Waals surface area (Å²) in [4.78, 5) is 21.3. The molecule has 0 aliphatic carbocycles. The van der Waals surface area contributed by atoms with Crippen LogP contribution in [0.3, 0.4) is 0 Å². The lowest BCUT2D eigenvalue weighted by Gasteiger charge is -2.09. The van der Waals surface area contributed by atoms with Gasteiger partial charge in [-0.1, -0.05) is 12.1 Å². The number of rotatable bonds is 4. The topological polar surface area (TPSA) is 74.6 Å². The van der Waals surface area contributed by atoms with Crippen LogP contribution < -0.4 is 0 Å². The van der Waals surface area contributed by atoms with Gasteiger partial charge in [0.2, 0.25) is 0 Å². The second kappa shape index (κ2) is 4.79. The Labute approximate surface area is 93.5 Å². The summed E-state index contributed by atoms with van der Waals surface area (Å²) in [5.41, 5.74) is 3.12. The van der Waals surface area contributed by atoms with Gasteiger partial charge >= 0.3 is 11.9 Å². The molecule has 1 aromatic carbocycles. The van der Waals surface area contributed by atoms with E-state index in [9.17, 15) is 9.59 Å². The van der Waals surface area contributed by atoms with Crippen LogP contribution in [0, 0.1) is 13.8 Å². The molecular weight excluding hydrogens is 208 g/mol. The number of carbonyl (C=O) groups is 2. The van der Waals surface area contributed by atoms with E-state index in [-0.39, 0.29) is 12.8 Å². The van der Waals surface area contributed by atoms with Gasteiger partial charge in [-0.3, -0.25) is 9.59 Å². The SMILES string of the molecule is Cc1cc(CC(=O)O)c(CC(=O)O)cc1C. The van der Waals surface area contributed by atoms with Crippen LogP contribution in [0.4, 0.5) is 0 Å². The first-order valence-corrected chi connectivity index (χ1v) is 4.92. The summed E-state index contributed by atoms with van der Waals surface area (Å²) in [5.74, 6) is -1.90. The van der Waals surface area contributed by atoms with Gasteiger partial charge in [-0.2, -0.15) is 0 Å². The number of carboxylic acids is 2. The van der Waals surface area contributed by atoms with Crippen molar-refractivity contribution in [2.24, 2.45) is 0 Å². The summed E-state index contributed by atoms with van der Waals surface area (Å²) in [6.45, 7) is 3.76. The maximum absolute atomic E-state index is 10.7. The Hall–Kier alpha value is -1.84. The highest BCUT2D eigenvalue weighted by atomic mass is 16.4. The molecule has 1 rings (SSSR count). The molecule has 4 nitrogen and oxygen atoms in total. The van der Waals surface area contributed by atoms with Crippen molar-refractivity contribution in [3.63, 3.8) is 0 Å². The molecular formula is C12H14O4. The number of hydrogen-bond donors (Lipinski definition) is 2. The van der Waals surface area contributed by atoms with Crippen molar-refractivity contribution in [2.75, 3.05) is 0 Å². The highest BCUT2D eigenvalue weighted by molar-refractivity contribution is 5.74. The molecule has 0 saturated heterocycles. The van der Waals surface area contributed by atoms with Gasteiger partial charge in [-0.15, -0.1) is 0 Å².